The number of carbonyl (C=O) groups is 1. The number of aromatic carboxylic acids is 1. The Morgan fingerprint density at radius 2 is 2.11 bits per heavy atom. The molecule has 19 heavy (non-hydrogen) atoms. The average Bonchev–Trinajstić information content (AvgIpc) is 2.85. The minimum absolute atomic E-state index is 0.285. The van der Waals surface area contributed by atoms with Gasteiger partial charge in [-0.3, -0.25) is 4.90 Å². The Morgan fingerprint density at radius 1 is 1.32 bits per heavy atom. The van der Waals surface area contributed by atoms with Crippen LogP contribution < -0.4 is 0 Å². The smallest absolute Gasteiger partial charge is 0.339 e. The molecule has 0 aliphatic carbocycles. The lowest BCUT2D eigenvalue weighted by atomic mass is 10.1. The van der Waals surface area contributed by atoms with Gasteiger partial charge in [-0.25, -0.2) is 9.31 Å². The van der Waals surface area contributed by atoms with Gasteiger partial charge in [0.15, 0.2) is 0 Å². The van der Waals surface area contributed by atoms with Crippen molar-refractivity contribution in [2.75, 3.05) is 13.1 Å². The Labute approximate surface area is 111 Å². The summed E-state index contributed by atoms with van der Waals surface area (Å²) in [4.78, 5) is 13.6. The Morgan fingerprint density at radius 3 is 2.84 bits per heavy atom. The summed E-state index contributed by atoms with van der Waals surface area (Å²) in [7, 11) is 0. The summed E-state index contributed by atoms with van der Waals surface area (Å²) >= 11 is 0. The lowest BCUT2D eigenvalue weighted by Crippen LogP contribution is -2.29. The van der Waals surface area contributed by atoms with E-state index in [-0.39, 0.29) is 5.56 Å². The molecule has 100 valence electrons. The van der Waals surface area contributed by atoms with Crippen molar-refractivity contribution in [3.05, 3.63) is 35.7 Å². The first-order valence-corrected chi connectivity index (χ1v) is 6.66. The van der Waals surface area contributed by atoms with E-state index in [1.54, 1.807) is 10.7 Å². The first-order chi connectivity index (χ1) is 9.25. The number of piperidine rings is 1. The first kappa shape index (κ1) is 12.2. The molecule has 0 aromatic carbocycles. The van der Waals surface area contributed by atoms with Crippen LogP contribution in [0, 0.1) is 0 Å². The summed E-state index contributed by atoms with van der Waals surface area (Å²) < 4.78 is 1.66. The van der Waals surface area contributed by atoms with Crippen LogP contribution in [0.15, 0.2) is 24.5 Å². The van der Waals surface area contributed by atoms with E-state index in [0.29, 0.717) is 0 Å². The van der Waals surface area contributed by atoms with Crippen molar-refractivity contribution < 1.29 is 9.90 Å². The molecule has 1 aliphatic heterocycles. The van der Waals surface area contributed by atoms with Crippen LogP contribution >= 0.6 is 0 Å². The maximum absolute atomic E-state index is 11.3. The van der Waals surface area contributed by atoms with Gasteiger partial charge in [-0.2, -0.15) is 5.10 Å². The molecule has 0 unspecified atom stereocenters. The van der Waals surface area contributed by atoms with E-state index in [0.717, 1.165) is 30.7 Å². The Hall–Kier alpha value is -1.88. The summed E-state index contributed by atoms with van der Waals surface area (Å²) in [6, 6.07) is 3.92. The molecular formula is C14H17N3O2. The number of carboxylic acid groups (broad SMARTS) is 1. The van der Waals surface area contributed by atoms with Gasteiger partial charge in [0.25, 0.3) is 0 Å². The van der Waals surface area contributed by atoms with Crippen molar-refractivity contribution in [3.63, 3.8) is 0 Å². The van der Waals surface area contributed by atoms with Gasteiger partial charge in [-0.15, -0.1) is 0 Å². The largest absolute Gasteiger partial charge is 0.478 e. The molecule has 5 nitrogen and oxygen atoms in total. The van der Waals surface area contributed by atoms with Crippen LogP contribution in [-0.2, 0) is 6.54 Å². The molecule has 0 atom stereocenters. The molecule has 3 rings (SSSR count). The standard InChI is InChI=1S/C14H17N3O2/c18-14(19)12-9-15-17-8-4-5-11(13(12)17)10-16-6-2-1-3-7-16/h4-5,8-9H,1-3,6-7,10H2,(H,18,19). The van der Waals surface area contributed by atoms with E-state index in [9.17, 15) is 9.90 Å². The van der Waals surface area contributed by atoms with Gasteiger partial charge < -0.3 is 5.11 Å². The number of nitrogens with zero attached hydrogens (tertiary/aromatic N) is 3. The van der Waals surface area contributed by atoms with Crippen LogP contribution in [0.5, 0.6) is 0 Å². The molecule has 2 aromatic heterocycles. The third-order valence-electron chi connectivity index (χ3n) is 3.70. The van der Waals surface area contributed by atoms with E-state index in [2.05, 4.69) is 10.00 Å². The quantitative estimate of drug-likeness (QED) is 0.916. The zero-order valence-corrected chi connectivity index (χ0v) is 10.7. The highest BCUT2D eigenvalue weighted by atomic mass is 16.4. The molecule has 0 saturated carbocycles. The molecule has 1 saturated heterocycles. The summed E-state index contributed by atoms with van der Waals surface area (Å²) in [5.74, 6) is -0.916. The molecule has 5 heteroatoms. The van der Waals surface area contributed by atoms with Gasteiger partial charge in [0.2, 0.25) is 0 Å². The van der Waals surface area contributed by atoms with Gasteiger partial charge in [-0.05, 0) is 37.6 Å². The van der Waals surface area contributed by atoms with Crippen molar-refractivity contribution in [1.29, 1.82) is 0 Å². The molecular weight excluding hydrogens is 242 g/mol. The fraction of sp³-hybridized carbons (Fsp3) is 0.429. The fourth-order valence-electron chi connectivity index (χ4n) is 2.76. The minimum atomic E-state index is -0.916. The van der Waals surface area contributed by atoms with Crippen molar-refractivity contribution in [3.8, 4) is 0 Å². The minimum Gasteiger partial charge on any atom is -0.478 e. The van der Waals surface area contributed by atoms with Crippen molar-refractivity contribution in [2.24, 2.45) is 0 Å². The highest BCUT2D eigenvalue weighted by Gasteiger charge is 2.17. The van der Waals surface area contributed by atoms with Crippen molar-refractivity contribution >= 4 is 11.5 Å². The summed E-state index contributed by atoms with van der Waals surface area (Å²) in [5, 5.41) is 13.3. The summed E-state index contributed by atoms with van der Waals surface area (Å²) in [6.07, 6.45) is 6.98. The molecule has 0 bridgehead atoms. The Bertz CT molecular complexity index is 600. The van der Waals surface area contributed by atoms with E-state index in [4.69, 9.17) is 0 Å². The normalized spacial score (nSPS) is 16.8. The predicted molar refractivity (Wildman–Crippen MR) is 71.3 cm³/mol. The fourth-order valence-corrected chi connectivity index (χ4v) is 2.76. The number of carboxylic acids is 1. The van der Waals surface area contributed by atoms with E-state index >= 15 is 0 Å². The molecule has 0 radical (unpaired) electrons. The second-order valence-electron chi connectivity index (χ2n) is 5.03. The maximum atomic E-state index is 11.3. The Kier molecular flexibility index (Phi) is 3.21. The Balaban J connectivity index is 1.97. The number of rotatable bonds is 3. The van der Waals surface area contributed by atoms with Crippen LogP contribution in [0.3, 0.4) is 0 Å². The number of pyridine rings is 1. The third-order valence-corrected chi connectivity index (χ3v) is 3.70. The zero-order chi connectivity index (χ0) is 13.2. The number of likely N-dealkylation sites (tertiary alicyclic amines) is 1. The first-order valence-electron chi connectivity index (χ1n) is 6.66. The highest BCUT2D eigenvalue weighted by Crippen LogP contribution is 2.20. The number of fused-ring (bicyclic) bond motifs is 1. The molecule has 3 heterocycles. The number of hydrogen-bond donors (Lipinski definition) is 1. The second kappa shape index (κ2) is 5.01. The lowest BCUT2D eigenvalue weighted by molar-refractivity contribution is 0.0699. The topological polar surface area (TPSA) is 57.8 Å². The maximum Gasteiger partial charge on any atom is 0.339 e. The van der Waals surface area contributed by atoms with Gasteiger partial charge in [-0.1, -0.05) is 12.5 Å². The van der Waals surface area contributed by atoms with Crippen LogP contribution in [-0.4, -0.2) is 38.7 Å². The van der Waals surface area contributed by atoms with Gasteiger partial charge in [0.05, 0.1) is 11.7 Å². The molecule has 0 amide bonds. The van der Waals surface area contributed by atoms with E-state index in [1.165, 1.54) is 25.5 Å². The molecule has 0 spiro atoms. The molecule has 1 fully saturated rings. The van der Waals surface area contributed by atoms with Gasteiger partial charge in [0, 0.05) is 12.7 Å². The number of aromatic nitrogens is 2. The molecule has 1 aliphatic rings. The van der Waals surface area contributed by atoms with Gasteiger partial charge in [0.1, 0.15) is 5.56 Å². The van der Waals surface area contributed by atoms with Crippen molar-refractivity contribution in [1.82, 2.24) is 14.5 Å². The third kappa shape index (κ3) is 2.33. The lowest BCUT2D eigenvalue weighted by Gasteiger charge is -2.26. The monoisotopic (exact) mass is 259 g/mol. The molecule has 2 aromatic rings. The SMILES string of the molecule is O=C(O)c1cnn2cccc(CN3CCCCC3)c12. The van der Waals surface area contributed by atoms with E-state index in [1.807, 2.05) is 12.1 Å². The summed E-state index contributed by atoms with van der Waals surface area (Å²) in [5.41, 5.74) is 2.05. The van der Waals surface area contributed by atoms with E-state index < -0.39 is 5.97 Å². The second-order valence-corrected chi connectivity index (χ2v) is 5.03. The van der Waals surface area contributed by atoms with Crippen LogP contribution in [0.25, 0.3) is 5.52 Å². The predicted octanol–water partition coefficient (Wildman–Crippen LogP) is 2.02. The average molecular weight is 259 g/mol. The van der Waals surface area contributed by atoms with Crippen molar-refractivity contribution in [2.45, 2.75) is 25.8 Å². The zero-order valence-electron chi connectivity index (χ0n) is 10.7. The highest BCUT2D eigenvalue weighted by molar-refractivity contribution is 5.96. The van der Waals surface area contributed by atoms with Crippen LogP contribution in [0.2, 0.25) is 0 Å². The molecule has 1 N–H and O–H groups in total. The summed E-state index contributed by atoms with van der Waals surface area (Å²) in [6.45, 7) is 2.99. The number of hydrogen-bond acceptors (Lipinski definition) is 3. The van der Waals surface area contributed by atoms with Crippen LogP contribution in [0.4, 0.5) is 0 Å². The van der Waals surface area contributed by atoms with Crippen LogP contribution in [0.1, 0.15) is 35.2 Å². The van der Waals surface area contributed by atoms with Gasteiger partial charge >= 0.3 is 5.97 Å².